The maximum atomic E-state index is 5.72. The summed E-state index contributed by atoms with van der Waals surface area (Å²) in [5.74, 6) is 2.54. The Morgan fingerprint density at radius 1 is 1.19 bits per heavy atom. The summed E-state index contributed by atoms with van der Waals surface area (Å²) in [6, 6.07) is 8.38. The molecule has 1 aliphatic carbocycles. The van der Waals surface area contributed by atoms with Crippen LogP contribution in [0, 0.1) is 0 Å². The summed E-state index contributed by atoms with van der Waals surface area (Å²) in [6.45, 7) is 0.657. The highest BCUT2D eigenvalue weighted by Gasteiger charge is 2.21. The summed E-state index contributed by atoms with van der Waals surface area (Å²) >= 11 is 0. The Hall–Kier alpha value is -1.68. The fourth-order valence-electron chi connectivity index (χ4n) is 3.28. The molecule has 0 bridgehead atoms. The van der Waals surface area contributed by atoms with Crippen LogP contribution in [0.15, 0.2) is 24.3 Å². The fraction of sp³-hybridized carbons (Fsp3) is 0.529. The average molecular weight is 284 g/mol. The summed E-state index contributed by atoms with van der Waals surface area (Å²) in [5.41, 5.74) is 8.15. The van der Waals surface area contributed by atoms with Gasteiger partial charge in [0.25, 0.3) is 0 Å². The van der Waals surface area contributed by atoms with Gasteiger partial charge in [-0.2, -0.15) is 5.10 Å². The van der Waals surface area contributed by atoms with Crippen molar-refractivity contribution in [1.29, 1.82) is 0 Å². The summed E-state index contributed by atoms with van der Waals surface area (Å²) in [5, 5.41) is 4.69. The largest absolute Gasteiger partial charge is 0.330 e. The van der Waals surface area contributed by atoms with Crippen molar-refractivity contribution in [3.05, 3.63) is 35.7 Å². The zero-order chi connectivity index (χ0) is 14.7. The molecule has 0 spiro atoms. The highest BCUT2D eigenvalue weighted by Crippen LogP contribution is 2.32. The van der Waals surface area contributed by atoms with Crippen molar-refractivity contribution in [1.82, 2.24) is 14.8 Å². The third-order valence-electron chi connectivity index (χ3n) is 4.42. The molecule has 0 radical (unpaired) electrons. The molecule has 0 atom stereocenters. The van der Waals surface area contributed by atoms with Crippen molar-refractivity contribution in [2.24, 2.45) is 12.8 Å². The normalized spacial score (nSPS) is 16.3. The first-order valence-corrected chi connectivity index (χ1v) is 7.99. The van der Waals surface area contributed by atoms with E-state index >= 15 is 0 Å². The number of nitrogens with zero attached hydrogens (tertiary/aromatic N) is 3. The second-order valence-electron chi connectivity index (χ2n) is 5.95. The average Bonchev–Trinajstić information content (AvgIpc) is 2.91. The quantitative estimate of drug-likeness (QED) is 0.939. The summed E-state index contributed by atoms with van der Waals surface area (Å²) in [7, 11) is 1.99. The zero-order valence-corrected chi connectivity index (χ0v) is 12.8. The highest BCUT2D eigenvalue weighted by atomic mass is 15.3. The van der Waals surface area contributed by atoms with Gasteiger partial charge in [-0.1, -0.05) is 43.5 Å². The van der Waals surface area contributed by atoms with E-state index in [4.69, 9.17) is 10.7 Å². The lowest BCUT2D eigenvalue weighted by molar-refractivity contribution is 0.427. The van der Waals surface area contributed by atoms with Gasteiger partial charge < -0.3 is 5.73 Å². The van der Waals surface area contributed by atoms with Crippen molar-refractivity contribution in [2.75, 3.05) is 6.54 Å². The standard InChI is InChI=1S/C17H24N4/c1-21-17(15-10-6-5-7-13(15)11-12-18)19-16(20-21)14-8-3-2-4-9-14/h5-7,10,14H,2-4,8-9,11-12,18H2,1H3. The first-order valence-electron chi connectivity index (χ1n) is 7.99. The molecule has 0 unspecified atom stereocenters. The molecule has 1 aliphatic rings. The molecule has 3 rings (SSSR count). The predicted molar refractivity (Wildman–Crippen MR) is 85.0 cm³/mol. The van der Waals surface area contributed by atoms with E-state index in [9.17, 15) is 0 Å². The molecular weight excluding hydrogens is 260 g/mol. The molecular formula is C17H24N4. The molecule has 4 nitrogen and oxygen atoms in total. The van der Waals surface area contributed by atoms with Crippen LogP contribution in [0.1, 0.15) is 49.4 Å². The van der Waals surface area contributed by atoms with Gasteiger partial charge in [0.1, 0.15) is 0 Å². The minimum atomic E-state index is 0.542. The Balaban J connectivity index is 1.94. The molecule has 1 saturated carbocycles. The molecule has 2 aromatic rings. The maximum absolute atomic E-state index is 5.72. The van der Waals surface area contributed by atoms with E-state index in [1.54, 1.807) is 0 Å². The second-order valence-corrected chi connectivity index (χ2v) is 5.95. The number of hydrogen-bond acceptors (Lipinski definition) is 3. The van der Waals surface area contributed by atoms with Crippen molar-refractivity contribution < 1.29 is 0 Å². The molecule has 0 aliphatic heterocycles. The van der Waals surface area contributed by atoms with Crippen LogP contribution in [0.5, 0.6) is 0 Å². The first kappa shape index (κ1) is 14.3. The molecule has 1 fully saturated rings. The van der Waals surface area contributed by atoms with E-state index in [0.717, 1.165) is 18.1 Å². The van der Waals surface area contributed by atoms with Crippen LogP contribution in [0.3, 0.4) is 0 Å². The third kappa shape index (κ3) is 3.00. The number of hydrogen-bond donors (Lipinski definition) is 1. The fourth-order valence-corrected chi connectivity index (χ4v) is 3.28. The summed E-state index contributed by atoms with van der Waals surface area (Å²) in [4.78, 5) is 4.86. The van der Waals surface area contributed by atoms with Gasteiger partial charge in [-0.3, -0.25) is 0 Å². The summed E-state index contributed by atoms with van der Waals surface area (Å²) in [6.07, 6.45) is 7.31. The van der Waals surface area contributed by atoms with Gasteiger partial charge in [0, 0.05) is 18.5 Å². The lowest BCUT2D eigenvalue weighted by Crippen LogP contribution is -2.06. The van der Waals surface area contributed by atoms with Gasteiger partial charge >= 0.3 is 0 Å². The van der Waals surface area contributed by atoms with E-state index < -0.39 is 0 Å². The van der Waals surface area contributed by atoms with Gasteiger partial charge in [-0.05, 0) is 31.4 Å². The molecule has 4 heteroatoms. The highest BCUT2D eigenvalue weighted by molar-refractivity contribution is 5.60. The van der Waals surface area contributed by atoms with Crippen LogP contribution in [-0.2, 0) is 13.5 Å². The van der Waals surface area contributed by atoms with Crippen LogP contribution in [0.4, 0.5) is 0 Å². The van der Waals surface area contributed by atoms with Crippen LogP contribution in [0.25, 0.3) is 11.4 Å². The summed E-state index contributed by atoms with van der Waals surface area (Å²) < 4.78 is 1.93. The van der Waals surface area contributed by atoms with Crippen LogP contribution >= 0.6 is 0 Å². The lowest BCUT2D eigenvalue weighted by Gasteiger charge is -2.18. The Bertz CT molecular complexity index is 597. The van der Waals surface area contributed by atoms with E-state index in [2.05, 4.69) is 29.4 Å². The topological polar surface area (TPSA) is 56.7 Å². The smallest absolute Gasteiger partial charge is 0.158 e. The van der Waals surface area contributed by atoms with Crippen molar-refractivity contribution in [3.63, 3.8) is 0 Å². The lowest BCUT2D eigenvalue weighted by atomic mass is 9.89. The molecule has 1 heterocycles. The Morgan fingerprint density at radius 2 is 1.95 bits per heavy atom. The maximum Gasteiger partial charge on any atom is 0.158 e. The van der Waals surface area contributed by atoms with Crippen molar-refractivity contribution >= 4 is 0 Å². The Labute approximate surface area is 126 Å². The van der Waals surface area contributed by atoms with Crippen LogP contribution in [-0.4, -0.2) is 21.3 Å². The predicted octanol–water partition coefficient (Wildman–Crippen LogP) is 3.03. The molecule has 2 N–H and O–H groups in total. The van der Waals surface area contributed by atoms with Gasteiger partial charge in [-0.15, -0.1) is 0 Å². The van der Waals surface area contributed by atoms with Crippen molar-refractivity contribution in [2.45, 2.75) is 44.4 Å². The Morgan fingerprint density at radius 3 is 2.71 bits per heavy atom. The van der Waals surface area contributed by atoms with Gasteiger partial charge in [-0.25, -0.2) is 9.67 Å². The molecule has 21 heavy (non-hydrogen) atoms. The van der Waals surface area contributed by atoms with E-state index in [1.807, 2.05) is 11.7 Å². The zero-order valence-electron chi connectivity index (χ0n) is 12.8. The van der Waals surface area contributed by atoms with E-state index in [-0.39, 0.29) is 0 Å². The number of aromatic nitrogens is 3. The number of nitrogens with two attached hydrogens (primary N) is 1. The number of rotatable bonds is 4. The SMILES string of the molecule is Cn1nc(C2CCCCC2)nc1-c1ccccc1CCN. The molecule has 0 amide bonds. The van der Waals surface area contributed by atoms with Gasteiger partial charge in [0.2, 0.25) is 0 Å². The first-order chi connectivity index (χ1) is 10.3. The third-order valence-corrected chi connectivity index (χ3v) is 4.42. The minimum Gasteiger partial charge on any atom is -0.330 e. The Kier molecular flexibility index (Phi) is 4.34. The van der Waals surface area contributed by atoms with Gasteiger partial charge in [0.15, 0.2) is 11.6 Å². The van der Waals surface area contributed by atoms with E-state index in [0.29, 0.717) is 12.5 Å². The monoisotopic (exact) mass is 284 g/mol. The second kappa shape index (κ2) is 6.39. The van der Waals surface area contributed by atoms with Crippen molar-refractivity contribution in [3.8, 4) is 11.4 Å². The molecule has 112 valence electrons. The van der Waals surface area contributed by atoms with Crippen LogP contribution < -0.4 is 5.73 Å². The number of aryl methyl sites for hydroxylation is 1. The van der Waals surface area contributed by atoms with E-state index in [1.165, 1.54) is 43.2 Å². The molecule has 1 aromatic heterocycles. The number of benzene rings is 1. The van der Waals surface area contributed by atoms with Crippen LogP contribution in [0.2, 0.25) is 0 Å². The molecule has 1 aromatic carbocycles. The minimum absolute atomic E-state index is 0.542. The molecule has 0 saturated heterocycles. The van der Waals surface area contributed by atoms with Gasteiger partial charge in [0.05, 0.1) is 0 Å².